The van der Waals surface area contributed by atoms with Gasteiger partial charge in [0.25, 0.3) is 0 Å². The van der Waals surface area contributed by atoms with Crippen molar-refractivity contribution in [2.45, 2.75) is 6.92 Å². The Kier molecular flexibility index (Phi) is 2.38. The fourth-order valence-corrected chi connectivity index (χ4v) is 1.78. The molecule has 1 aromatic rings. The first kappa shape index (κ1) is 9.41. The molecular weight excluding hydrogens is 196 g/mol. The minimum Gasteiger partial charge on any atom is -0.359 e. The predicted molar refractivity (Wildman–Crippen MR) is 60.3 cm³/mol. The van der Waals surface area contributed by atoms with Crippen molar-refractivity contribution in [3.05, 3.63) is 41.2 Å². The van der Waals surface area contributed by atoms with Crippen LogP contribution in [-0.2, 0) is 0 Å². The molecule has 0 radical (unpaired) electrons. The van der Waals surface area contributed by atoms with Crippen LogP contribution in [-0.4, -0.2) is 18.6 Å². The molecule has 0 amide bonds. The lowest BCUT2D eigenvalue weighted by Gasteiger charge is -2.19. The van der Waals surface area contributed by atoms with Crippen molar-refractivity contribution in [1.82, 2.24) is 4.90 Å². The molecule has 2 nitrogen and oxygen atoms in total. The summed E-state index contributed by atoms with van der Waals surface area (Å²) in [5, 5.41) is 0.798. The van der Waals surface area contributed by atoms with E-state index in [0.29, 0.717) is 0 Å². The molecule has 1 aliphatic heterocycles. The van der Waals surface area contributed by atoms with E-state index >= 15 is 0 Å². The molecule has 2 rings (SSSR count). The van der Waals surface area contributed by atoms with Crippen molar-refractivity contribution in [1.29, 1.82) is 0 Å². The highest BCUT2D eigenvalue weighted by Crippen LogP contribution is 2.28. The van der Waals surface area contributed by atoms with Crippen molar-refractivity contribution >= 4 is 17.3 Å². The summed E-state index contributed by atoms with van der Waals surface area (Å²) < 4.78 is 0. The second-order valence-electron chi connectivity index (χ2n) is 3.53. The van der Waals surface area contributed by atoms with E-state index in [-0.39, 0.29) is 0 Å². The number of para-hydroxylation sites is 1. The standard InChI is InChI=1S/C11H13ClN2/c1-9-7-14(8-13(9)2)11-6-4-3-5-10(11)12/h3-7H,8H2,1-2H3. The molecule has 0 bridgehead atoms. The summed E-state index contributed by atoms with van der Waals surface area (Å²) in [7, 11) is 2.07. The Morgan fingerprint density at radius 1 is 1.29 bits per heavy atom. The van der Waals surface area contributed by atoms with Crippen LogP contribution in [0.4, 0.5) is 5.69 Å². The highest BCUT2D eigenvalue weighted by atomic mass is 35.5. The molecule has 0 spiro atoms. The summed E-state index contributed by atoms with van der Waals surface area (Å²) in [6.45, 7) is 2.96. The second-order valence-corrected chi connectivity index (χ2v) is 3.94. The normalized spacial score (nSPS) is 16.1. The minimum atomic E-state index is 0.798. The fraction of sp³-hybridized carbons (Fsp3) is 0.273. The molecule has 74 valence electrons. The van der Waals surface area contributed by atoms with Gasteiger partial charge in [-0.05, 0) is 19.1 Å². The maximum Gasteiger partial charge on any atom is 0.0941 e. The van der Waals surface area contributed by atoms with E-state index in [9.17, 15) is 0 Å². The quantitative estimate of drug-likeness (QED) is 0.700. The van der Waals surface area contributed by atoms with E-state index in [2.05, 4.69) is 30.0 Å². The van der Waals surface area contributed by atoms with E-state index in [1.807, 2.05) is 24.3 Å². The molecular formula is C11H13ClN2. The SMILES string of the molecule is CC1=CN(c2ccccc2Cl)CN1C. The van der Waals surface area contributed by atoms with E-state index in [0.717, 1.165) is 17.4 Å². The Labute approximate surface area is 89.4 Å². The number of nitrogens with zero attached hydrogens (tertiary/aromatic N) is 2. The number of benzene rings is 1. The molecule has 0 unspecified atom stereocenters. The topological polar surface area (TPSA) is 6.48 Å². The van der Waals surface area contributed by atoms with Crippen LogP contribution < -0.4 is 4.90 Å². The largest absolute Gasteiger partial charge is 0.359 e. The van der Waals surface area contributed by atoms with Crippen molar-refractivity contribution in [3.8, 4) is 0 Å². The Morgan fingerprint density at radius 3 is 2.57 bits per heavy atom. The zero-order valence-corrected chi connectivity index (χ0v) is 9.12. The van der Waals surface area contributed by atoms with Gasteiger partial charge in [0.15, 0.2) is 0 Å². The van der Waals surface area contributed by atoms with Crippen molar-refractivity contribution in [2.75, 3.05) is 18.6 Å². The Balaban J connectivity index is 2.30. The van der Waals surface area contributed by atoms with Gasteiger partial charge >= 0.3 is 0 Å². The van der Waals surface area contributed by atoms with Gasteiger partial charge in [-0.15, -0.1) is 0 Å². The zero-order valence-electron chi connectivity index (χ0n) is 8.37. The van der Waals surface area contributed by atoms with Crippen molar-refractivity contribution < 1.29 is 0 Å². The lowest BCUT2D eigenvalue weighted by molar-refractivity contribution is 0.460. The van der Waals surface area contributed by atoms with Gasteiger partial charge in [-0.3, -0.25) is 0 Å². The molecule has 1 aromatic carbocycles. The monoisotopic (exact) mass is 208 g/mol. The van der Waals surface area contributed by atoms with Gasteiger partial charge in [-0.1, -0.05) is 23.7 Å². The van der Waals surface area contributed by atoms with Gasteiger partial charge in [0.05, 0.1) is 17.4 Å². The molecule has 0 fully saturated rings. The first-order valence-corrected chi connectivity index (χ1v) is 4.97. The van der Waals surface area contributed by atoms with Crippen LogP contribution in [0.25, 0.3) is 0 Å². The van der Waals surface area contributed by atoms with Crippen LogP contribution in [0, 0.1) is 0 Å². The molecule has 14 heavy (non-hydrogen) atoms. The molecule has 0 saturated heterocycles. The third-order valence-electron chi connectivity index (χ3n) is 2.47. The summed E-state index contributed by atoms with van der Waals surface area (Å²) in [6.07, 6.45) is 2.11. The maximum absolute atomic E-state index is 6.11. The first-order chi connectivity index (χ1) is 6.68. The van der Waals surface area contributed by atoms with E-state index in [4.69, 9.17) is 11.6 Å². The number of rotatable bonds is 1. The zero-order chi connectivity index (χ0) is 10.1. The Morgan fingerprint density at radius 2 is 2.00 bits per heavy atom. The van der Waals surface area contributed by atoms with Gasteiger partial charge in [0, 0.05) is 18.9 Å². The lowest BCUT2D eigenvalue weighted by atomic mass is 10.3. The minimum absolute atomic E-state index is 0.798. The molecule has 0 aromatic heterocycles. The number of halogens is 1. The summed E-state index contributed by atoms with van der Waals surface area (Å²) in [4.78, 5) is 4.33. The van der Waals surface area contributed by atoms with E-state index in [1.165, 1.54) is 5.70 Å². The lowest BCUT2D eigenvalue weighted by Crippen LogP contribution is -2.22. The fourth-order valence-electron chi connectivity index (χ4n) is 1.54. The highest BCUT2D eigenvalue weighted by molar-refractivity contribution is 6.33. The third-order valence-corrected chi connectivity index (χ3v) is 2.79. The van der Waals surface area contributed by atoms with E-state index < -0.39 is 0 Å². The summed E-state index contributed by atoms with van der Waals surface area (Å²) in [5.41, 5.74) is 2.32. The van der Waals surface area contributed by atoms with Crippen LogP contribution in [0.2, 0.25) is 5.02 Å². The molecule has 3 heteroatoms. The molecule has 1 heterocycles. The third kappa shape index (κ3) is 1.58. The van der Waals surface area contributed by atoms with Gasteiger partial charge in [-0.2, -0.15) is 0 Å². The summed E-state index contributed by atoms with van der Waals surface area (Å²) in [6, 6.07) is 7.90. The van der Waals surface area contributed by atoms with Gasteiger partial charge in [0.2, 0.25) is 0 Å². The first-order valence-electron chi connectivity index (χ1n) is 4.59. The number of allylic oxidation sites excluding steroid dienone is 1. The smallest absolute Gasteiger partial charge is 0.0941 e. The predicted octanol–water partition coefficient (Wildman–Crippen LogP) is 2.91. The Hall–Kier alpha value is -1.15. The van der Waals surface area contributed by atoms with Crippen LogP contribution in [0.15, 0.2) is 36.2 Å². The van der Waals surface area contributed by atoms with Crippen LogP contribution in [0.5, 0.6) is 0 Å². The van der Waals surface area contributed by atoms with Gasteiger partial charge < -0.3 is 9.80 Å². The van der Waals surface area contributed by atoms with Crippen LogP contribution in [0.1, 0.15) is 6.92 Å². The van der Waals surface area contributed by atoms with Crippen LogP contribution >= 0.6 is 11.6 Å². The summed E-state index contributed by atoms with van der Waals surface area (Å²) in [5.74, 6) is 0. The molecule has 0 saturated carbocycles. The molecule has 0 N–H and O–H groups in total. The summed E-state index contributed by atoms with van der Waals surface area (Å²) >= 11 is 6.11. The average Bonchev–Trinajstić information content (AvgIpc) is 2.48. The number of hydrogen-bond acceptors (Lipinski definition) is 2. The molecule has 0 atom stereocenters. The maximum atomic E-state index is 6.11. The second kappa shape index (κ2) is 3.54. The van der Waals surface area contributed by atoms with Crippen molar-refractivity contribution in [3.63, 3.8) is 0 Å². The molecule has 0 aliphatic carbocycles. The average molecular weight is 209 g/mol. The number of anilines is 1. The van der Waals surface area contributed by atoms with Crippen LogP contribution in [0.3, 0.4) is 0 Å². The number of hydrogen-bond donors (Lipinski definition) is 0. The van der Waals surface area contributed by atoms with Gasteiger partial charge in [-0.25, -0.2) is 0 Å². The molecule has 1 aliphatic rings. The van der Waals surface area contributed by atoms with E-state index in [1.54, 1.807) is 0 Å². The Bertz CT molecular complexity index is 373. The van der Waals surface area contributed by atoms with Crippen molar-refractivity contribution in [2.24, 2.45) is 0 Å². The van der Waals surface area contributed by atoms with Gasteiger partial charge in [0.1, 0.15) is 0 Å². The highest BCUT2D eigenvalue weighted by Gasteiger charge is 2.16.